The van der Waals surface area contributed by atoms with E-state index in [-0.39, 0.29) is 0 Å². The molecule has 0 aromatic carbocycles. The normalized spacial score (nSPS) is 10.9. The number of oxazole rings is 1. The minimum absolute atomic E-state index is 0.835. The van der Waals surface area contributed by atoms with Crippen molar-refractivity contribution in [3.05, 3.63) is 29.1 Å². The van der Waals surface area contributed by atoms with E-state index in [1.165, 1.54) is 9.75 Å². The molecule has 0 aliphatic rings. The highest BCUT2D eigenvalue weighted by atomic mass is 32.1. The van der Waals surface area contributed by atoms with Gasteiger partial charge in [-0.15, -0.1) is 11.3 Å². The first-order chi connectivity index (χ1) is 8.33. The summed E-state index contributed by atoms with van der Waals surface area (Å²) in [5, 5.41) is 3.12. The predicted molar refractivity (Wildman–Crippen MR) is 71.4 cm³/mol. The molecule has 0 amide bonds. The molecule has 0 atom stereocenters. The molecule has 17 heavy (non-hydrogen) atoms. The third kappa shape index (κ3) is 3.17. The SMILES string of the molecule is CCc1ccc(-c2cnc(CCCNC)o2)s1. The van der Waals surface area contributed by atoms with Gasteiger partial charge in [0.25, 0.3) is 0 Å². The number of rotatable bonds is 6. The minimum Gasteiger partial charge on any atom is -0.440 e. The third-order valence-corrected chi connectivity index (χ3v) is 3.87. The van der Waals surface area contributed by atoms with Crippen LogP contribution in [0.5, 0.6) is 0 Å². The highest BCUT2D eigenvalue weighted by Crippen LogP contribution is 2.29. The first-order valence-electron chi connectivity index (χ1n) is 6.02. The molecule has 2 aromatic rings. The van der Waals surface area contributed by atoms with Gasteiger partial charge in [-0.05, 0) is 38.6 Å². The molecule has 0 bridgehead atoms. The van der Waals surface area contributed by atoms with Crippen molar-refractivity contribution < 1.29 is 4.42 Å². The largest absolute Gasteiger partial charge is 0.440 e. The number of aryl methyl sites for hydroxylation is 2. The van der Waals surface area contributed by atoms with E-state index in [1.807, 2.05) is 13.2 Å². The Hall–Kier alpha value is -1.13. The Labute approximate surface area is 106 Å². The van der Waals surface area contributed by atoms with Gasteiger partial charge >= 0.3 is 0 Å². The Morgan fingerprint density at radius 2 is 2.29 bits per heavy atom. The maximum Gasteiger partial charge on any atom is 0.194 e. The summed E-state index contributed by atoms with van der Waals surface area (Å²) in [5.41, 5.74) is 0. The van der Waals surface area contributed by atoms with Crippen LogP contribution >= 0.6 is 11.3 Å². The van der Waals surface area contributed by atoms with Crippen LogP contribution in [0.25, 0.3) is 10.6 Å². The molecule has 0 aliphatic heterocycles. The monoisotopic (exact) mass is 250 g/mol. The summed E-state index contributed by atoms with van der Waals surface area (Å²) >= 11 is 1.78. The highest BCUT2D eigenvalue weighted by Gasteiger charge is 2.08. The topological polar surface area (TPSA) is 38.1 Å². The smallest absolute Gasteiger partial charge is 0.194 e. The lowest BCUT2D eigenvalue weighted by atomic mass is 10.3. The summed E-state index contributed by atoms with van der Waals surface area (Å²) in [6.07, 6.45) is 4.86. The van der Waals surface area contributed by atoms with Crippen LogP contribution in [0.3, 0.4) is 0 Å². The lowest BCUT2D eigenvalue weighted by Crippen LogP contribution is -2.08. The van der Waals surface area contributed by atoms with Gasteiger partial charge in [0.1, 0.15) is 0 Å². The summed E-state index contributed by atoms with van der Waals surface area (Å²) in [6.45, 7) is 3.16. The average Bonchev–Trinajstić information content (AvgIpc) is 2.97. The van der Waals surface area contributed by atoms with E-state index < -0.39 is 0 Å². The fourth-order valence-corrected chi connectivity index (χ4v) is 2.55. The molecule has 0 unspecified atom stereocenters. The van der Waals surface area contributed by atoms with Crippen molar-refractivity contribution in [1.82, 2.24) is 10.3 Å². The quantitative estimate of drug-likeness (QED) is 0.800. The molecule has 0 saturated carbocycles. The van der Waals surface area contributed by atoms with Gasteiger partial charge in [0.05, 0.1) is 11.1 Å². The first-order valence-corrected chi connectivity index (χ1v) is 6.83. The third-order valence-electron chi connectivity index (χ3n) is 2.62. The van der Waals surface area contributed by atoms with Crippen LogP contribution < -0.4 is 5.32 Å². The predicted octanol–water partition coefficient (Wildman–Crippen LogP) is 3.12. The van der Waals surface area contributed by atoms with Crippen molar-refractivity contribution in [2.45, 2.75) is 26.2 Å². The lowest BCUT2D eigenvalue weighted by molar-refractivity contribution is 0.496. The maximum absolute atomic E-state index is 5.75. The van der Waals surface area contributed by atoms with E-state index in [4.69, 9.17) is 4.42 Å². The van der Waals surface area contributed by atoms with Crippen LogP contribution in [-0.4, -0.2) is 18.6 Å². The number of hydrogen-bond acceptors (Lipinski definition) is 4. The Bertz CT molecular complexity index is 461. The molecule has 3 nitrogen and oxygen atoms in total. The zero-order chi connectivity index (χ0) is 12.1. The molecule has 4 heteroatoms. The summed E-state index contributed by atoms with van der Waals surface area (Å²) in [4.78, 5) is 6.87. The molecule has 0 fully saturated rings. The summed E-state index contributed by atoms with van der Waals surface area (Å²) in [5.74, 6) is 1.73. The molecular formula is C13H18N2OS. The highest BCUT2D eigenvalue weighted by molar-refractivity contribution is 7.15. The van der Waals surface area contributed by atoms with Gasteiger partial charge in [0, 0.05) is 11.3 Å². The first kappa shape index (κ1) is 12.3. The van der Waals surface area contributed by atoms with Crippen molar-refractivity contribution in [3.63, 3.8) is 0 Å². The summed E-state index contributed by atoms with van der Waals surface area (Å²) < 4.78 is 5.75. The van der Waals surface area contributed by atoms with Crippen LogP contribution in [0.1, 0.15) is 24.1 Å². The zero-order valence-corrected chi connectivity index (χ0v) is 11.1. The van der Waals surface area contributed by atoms with E-state index in [1.54, 1.807) is 11.3 Å². The number of nitrogens with zero attached hydrogens (tertiary/aromatic N) is 1. The molecule has 2 aromatic heterocycles. The summed E-state index contributed by atoms with van der Waals surface area (Å²) in [7, 11) is 1.96. The number of aromatic nitrogens is 1. The van der Waals surface area contributed by atoms with Crippen molar-refractivity contribution >= 4 is 11.3 Å². The fourth-order valence-electron chi connectivity index (χ4n) is 1.66. The molecule has 2 rings (SSSR count). The average molecular weight is 250 g/mol. The molecule has 0 radical (unpaired) electrons. The second-order valence-electron chi connectivity index (χ2n) is 3.94. The molecule has 0 spiro atoms. The van der Waals surface area contributed by atoms with Gasteiger partial charge in [-0.3, -0.25) is 0 Å². The zero-order valence-electron chi connectivity index (χ0n) is 10.3. The van der Waals surface area contributed by atoms with Crippen LogP contribution in [-0.2, 0) is 12.8 Å². The van der Waals surface area contributed by atoms with E-state index in [9.17, 15) is 0 Å². The van der Waals surface area contributed by atoms with Gasteiger partial charge in [-0.2, -0.15) is 0 Å². The second kappa shape index (κ2) is 5.98. The Morgan fingerprint density at radius 3 is 3.00 bits per heavy atom. The van der Waals surface area contributed by atoms with Crippen LogP contribution in [0.15, 0.2) is 22.7 Å². The van der Waals surface area contributed by atoms with E-state index in [2.05, 4.69) is 29.4 Å². The molecule has 0 aliphatic carbocycles. The fraction of sp³-hybridized carbons (Fsp3) is 0.462. The standard InChI is InChI=1S/C13H18N2OS/c1-3-10-6-7-12(17-10)11-9-15-13(16-11)5-4-8-14-2/h6-7,9,14H,3-5,8H2,1-2H3. The van der Waals surface area contributed by atoms with Gasteiger partial charge < -0.3 is 9.73 Å². The van der Waals surface area contributed by atoms with Gasteiger partial charge in [0.15, 0.2) is 11.7 Å². The minimum atomic E-state index is 0.835. The van der Waals surface area contributed by atoms with Crippen molar-refractivity contribution in [3.8, 4) is 10.6 Å². The van der Waals surface area contributed by atoms with E-state index >= 15 is 0 Å². The van der Waals surface area contributed by atoms with Gasteiger partial charge in [-0.1, -0.05) is 6.92 Å². The molecule has 2 heterocycles. The molecule has 92 valence electrons. The van der Waals surface area contributed by atoms with Crippen LogP contribution in [0.4, 0.5) is 0 Å². The summed E-state index contributed by atoms with van der Waals surface area (Å²) in [6, 6.07) is 4.27. The van der Waals surface area contributed by atoms with Gasteiger partial charge in [0.2, 0.25) is 0 Å². The number of thiophene rings is 1. The number of hydrogen-bond donors (Lipinski definition) is 1. The Balaban J connectivity index is 2.02. The van der Waals surface area contributed by atoms with E-state index in [0.717, 1.165) is 37.5 Å². The molecule has 0 saturated heterocycles. The molecular weight excluding hydrogens is 232 g/mol. The van der Waals surface area contributed by atoms with E-state index in [0.29, 0.717) is 0 Å². The Kier molecular flexibility index (Phi) is 4.34. The van der Waals surface area contributed by atoms with Crippen LogP contribution in [0, 0.1) is 0 Å². The van der Waals surface area contributed by atoms with Crippen molar-refractivity contribution in [2.24, 2.45) is 0 Å². The van der Waals surface area contributed by atoms with Crippen LogP contribution in [0.2, 0.25) is 0 Å². The van der Waals surface area contributed by atoms with Crippen molar-refractivity contribution in [2.75, 3.05) is 13.6 Å². The number of nitrogens with one attached hydrogen (secondary N) is 1. The lowest BCUT2D eigenvalue weighted by Gasteiger charge is -1.95. The van der Waals surface area contributed by atoms with Gasteiger partial charge in [-0.25, -0.2) is 4.98 Å². The maximum atomic E-state index is 5.75. The Morgan fingerprint density at radius 1 is 1.41 bits per heavy atom. The van der Waals surface area contributed by atoms with Crippen molar-refractivity contribution in [1.29, 1.82) is 0 Å². The molecule has 1 N–H and O–H groups in total. The second-order valence-corrected chi connectivity index (χ2v) is 5.11.